The Morgan fingerprint density at radius 3 is 2.60 bits per heavy atom. The number of amides is 2. The zero-order chi connectivity index (χ0) is 14.8. The molecule has 6 nitrogen and oxygen atoms in total. The molecule has 1 rings (SSSR count). The van der Waals surface area contributed by atoms with E-state index in [2.05, 4.69) is 10.6 Å². The minimum atomic E-state index is -0.355. The summed E-state index contributed by atoms with van der Waals surface area (Å²) in [6.45, 7) is 4.92. The van der Waals surface area contributed by atoms with Gasteiger partial charge in [0.1, 0.15) is 0 Å². The Bertz CT molecular complexity index is 304. The summed E-state index contributed by atoms with van der Waals surface area (Å²) in [6.07, 6.45) is 4.17. The van der Waals surface area contributed by atoms with Crippen molar-refractivity contribution in [2.24, 2.45) is 0 Å². The van der Waals surface area contributed by atoms with Crippen LogP contribution in [0.2, 0.25) is 0 Å². The summed E-state index contributed by atoms with van der Waals surface area (Å²) < 4.78 is 4.91. The van der Waals surface area contributed by atoms with Crippen molar-refractivity contribution in [1.82, 2.24) is 15.5 Å². The molecule has 1 saturated heterocycles. The largest absolute Gasteiger partial charge is 0.385 e. The van der Waals surface area contributed by atoms with Gasteiger partial charge in [0.15, 0.2) is 0 Å². The Labute approximate surface area is 121 Å². The molecule has 1 atom stereocenters. The van der Waals surface area contributed by atoms with Gasteiger partial charge in [-0.3, -0.25) is 14.9 Å². The molecule has 0 aromatic rings. The van der Waals surface area contributed by atoms with Crippen molar-refractivity contribution in [3.05, 3.63) is 0 Å². The summed E-state index contributed by atoms with van der Waals surface area (Å²) in [5, 5.41) is 5.80. The van der Waals surface area contributed by atoms with Crippen LogP contribution in [0.15, 0.2) is 0 Å². The van der Waals surface area contributed by atoms with E-state index in [4.69, 9.17) is 4.74 Å². The van der Waals surface area contributed by atoms with Crippen molar-refractivity contribution in [2.75, 3.05) is 39.9 Å². The van der Waals surface area contributed by atoms with Crippen LogP contribution in [-0.2, 0) is 14.3 Å². The molecule has 1 unspecified atom stereocenters. The number of rotatable bonds is 8. The number of piperidine rings is 1. The second kappa shape index (κ2) is 9.72. The monoisotopic (exact) mass is 285 g/mol. The molecule has 1 aliphatic rings. The Hall–Kier alpha value is -1.14. The lowest BCUT2D eigenvalue weighted by Gasteiger charge is -2.27. The summed E-state index contributed by atoms with van der Waals surface area (Å²) >= 11 is 0. The fourth-order valence-electron chi connectivity index (χ4n) is 2.17. The maximum absolute atomic E-state index is 11.9. The fraction of sp³-hybridized carbons (Fsp3) is 0.857. The second-order valence-electron chi connectivity index (χ2n) is 5.18. The van der Waals surface area contributed by atoms with Gasteiger partial charge in [-0.2, -0.15) is 0 Å². The number of carbonyl (C=O) groups is 2. The Kier molecular flexibility index (Phi) is 8.22. The topological polar surface area (TPSA) is 70.7 Å². The van der Waals surface area contributed by atoms with E-state index in [-0.39, 0.29) is 24.4 Å². The first-order valence-electron chi connectivity index (χ1n) is 7.43. The minimum absolute atomic E-state index is 0.0763. The van der Waals surface area contributed by atoms with Crippen LogP contribution in [0.4, 0.5) is 0 Å². The predicted octanol–water partition coefficient (Wildman–Crippen LogP) is 0.130. The third kappa shape index (κ3) is 6.34. The molecule has 0 radical (unpaired) electrons. The Morgan fingerprint density at radius 2 is 1.95 bits per heavy atom. The molecule has 0 aromatic heterocycles. The zero-order valence-electron chi connectivity index (χ0n) is 12.6. The lowest BCUT2D eigenvalue weighted by molar-refractivity contribution is -0.131. The van der Waals surface area contributed by atoms with E-state index in [0.717, 1.165) is 32.4 Å². The number of nitrogens with zero attached hydrogens (tertiary/aromatic N) is 1. The average Bonchev–Trinajstić information content (AvgIpc) is 2.49. The predicted molar refractivity (Wildman–Crippen MR) is 77.4 cm³/mol. The van der Waals surface area contributed by atoms with Crippen molar-refractivity contribution < 1.29 is 14.3 Å². The van der Waals surface area contributed by atoms with Gasteiger partial charge >= 0.3 is 0 Å². The van der Waals surface area contributed by atoms with Gasteiger partial charge in [0, 0.05) is 33.4 Å². The van der Waals surface area contributed by atoms with Gasteiger partial charge in [0.25, 0.3) is 0 Å². The molecule has 0 bridgehead atoms. The van der Waals surface area contributed by atoms with Gasteiger partial charge in [-0.1, -0.05) is 0 Å². The average molecular weight is 285 g/mol. The maximum Gasteiger partial charge on any atom is 0.236 e. The smallest absolute Gasteiger partial charge is 0.236 e. The highest BCUT2D eigenvalue weighted by atomic mass is 16.5. The highest BCUT2D eigenvalue weighted by Crippen LogP contribution is 2.08. The van der Waals surface area contributed by atoms with Gasteiger partial charge in [-0.05, 0) is 32.6 Å². The van der Waals surface area contributed by atoms with Gasteiger partial charge in [-0.25, -0.2) is 0 Å². The van der Waals surface area contributed by atoms with E-state index >= 15 is 0 Å². The number of carbonyl (C=O) groups excluding carboxylic acids is 2. The molecule has 2 amide bonds. The van der Waals surface area contributed by atoms with E-state index in [9.17, 15) is 9.59 Å². The number of hydrogen-bond donors (Lipinski definition) is 2. The van der Waals surface area contributed by atoms with Crippen LogP contribution in [0.5, 0.6) is 0 Å². The molecule has 1 fully saturated rings. The molecule has 0 spiro atoms. The van der Waals surface area contributed by atoms with E-state index in [1.54, 1.807) is 14.0 Å². The molecule has 1 aliphatic heterocycles. The van der Waals surface area contributed by atoms with Gasteiger partial charge < -0.3 is 15.0 Å². The standard InChI is InChI=1S/C14H27N3O3/c1-12(14(19)15-7-6-10-20-2)16-11-13(18)17-8-4-3-5-9-17/h12,16H,3-11H2,1-2H3,(H,15,19). The molecule has 2 N–H and O–H groups in total. The number of ether oxygens (including phenoxy) is 1. The molecule has 116 valence electrons. The molecule has 6 heteroatoms. The lowest BCUT2D eigenvalue weighted by Crippen LogP contribution is -2.48. The molecule has 1 heterocycles. The Balaban J connectivity index is 2.15. The van der Waals surface area contributed by atoms with Crippen molar-refractivity contribution >= 4 is 11.8 Å². The number of methoxy groups -OCH3 is 1. The van der Waals surface area contributed by atoms with Crippen LogP contribution >= 0.6 is 0 Å². The first-order valence-corrected chi connectivity index (χ1v) is 7.43. The number of hydrogen-bond acceptors (Lipinski definition) is 4. The van der Waals surface area contributed by atoms with E-state index < -0.39 is 0 Å². The number of nitrogens with one attached hydrogen (secondary N) is 2. The summed E-state index contributed by atoms with van der Waals surface area (Å²) in [5.74, 6) is 0.0104. The third-order valence-corrected chi connectivity index (χ3v) is 3.49. The van der Waals surface area contributed by atoms with Crippen LogP contribution in [0.25, 0.3) is 0 Å². The molecular formula is C14H27N3O3. The third-order valence-electron chi connectivity index (χ3n) is 3.49. The second-order valence-corrected chi connectivity index (χ2v) is 5.18. The highest BCUT2D eigenvalue weighted by molar-refractivity contribution is 5.83. The fourth-order valence-corrected chi connectivity index (χ4v) is 2.17. The van der Waals surface area contributed by atoms with Crippen molar-refractivity contribution in [1.29, 1.82) is 0 Å². The van der Waals surface area contributed by atoms with Crippen LogP contribution < -0.4 is 10.6 Å². The van der Waals surface area contributed by atoms with Gasteiger partial charge in [0.2, 0.25) is 11.8 Å². The summed E-state index contributed by atoms with van der Waals surface area (Å²) in [5.41, 5.74) is 0. The van der Waals surface area contributed by atoms with E-state index in [1.165, 1.54) is 6.42 Å². The van der Waals surface area contributed by atoms with Crippen LogP contribution in [0.3, 0.4) is 0 Å². The van der Waals surface area contributed by atoms with Crippen LogP contribution in [-0.4, -0.2) is 62.7 Å². The van der Waals surface area contributed by atoms with Crippen molar-refractivity contribution in [2.45, 2.75) is 38.6 Å². The zero-order valence-corrected chi connectivity index (χ0v) is 12.6. The summed E-state index contributed by atoms with van der Waals surface area (Å²) in [7, 11) is 1.64. The van der Waals surface area contributed by atoms with Crippen LogP contribution in [0.1, 0.15) is 32.6 Å². The number of likely N-dealkylation sites (tertiary alicyclic amines) is 1. The summed E-state index contributed by atoms with van der Waals surface area (Å²) in [4.78, 5) is 25.6. The van der Waals surface area contributed by atoms with Crippen molar-refractivity contribution in [3.63, 3.8) is 0 Å². The van der Waals surface area contributed by atoms with Crippen molar-refractivity contribution in [3.8, 4) is 0 Å². The first kappa shape index (κ1) is 16.9. The molecule has 0 aromatic carbocycles. The summed E-state index contributed by atoms with van der Waals surface area (Å²) in [6, 6.07) is -0.355. The molecule has 0 saturated carbocycles. The molecule has 0 aliphatic carbocycles. The molecule has 20 heavy (non-hydrogen) atoms. The Morgan fingerprint density at radius 1 is 1.25 bits per heavy atom. The lowest BCUT2D eigenvalue weighted by atomic mass is 10.1. The van der Waals surface area contributed by atoms with E-state index in [0.29, 0.717) is 13.2 Å². The normalized spacial score (nSPS) is 16.8. The first-order chi connectivity index (χ1) is 9.65. The SMILES string of the molecule is COCCCNC(=O)C(C)NCC(=O)N1CCCCC1. The maximum atomic E-state index is 11.9. The van der Waals surface area contributed by atoms with Gasteiger partial charge in [0.05, 0.1) is 12.6 Å². The molecular weight excluding hydrogens is 258 g/mol. The van der Waals surface area contributed by atoms with E-state index in [1.807, 2.05) is 4.90 Å². The quantitative estimate of drug-likeness (QED) is 0.622. The minimum Gasteiger partial charge on any atom is -0.385 e. The van der Waals surface area contributed by atoms with Crippen LogP contribution in [0, 0.1) is 0 Å². The van der Waals surface area contributed by atoms with Gasteiger partial charge in [-0.15, -0.1) is 0 Å². The highest BCUT2D eigenvalue weighted by Gasteiger charge is 2.18.